The van der Waals surface area contributed by atoms with Gasteiger partial charge in [0.25, 0.3) is 0 Å². The average Bonchev–Trinajstić information content (AvgIpc) is 2.45. The molecule has 4 nitrogen and oxygen atoms in total. The standard InChI is InChI=1S/C16H25NO3/c1-4-20-15(19)16(11-17,12(2)3)9-13-5-7-14(10-18)8-6-13/h5-8,12,18H,4,9-11,17H2,1-3H3. The highest BCUT2D eigenvalue weighted by atomic mass is 16.5. The third kappa shape index (κ3) is 3.58. The van der Waals surface area contributed by atoms with E-state index in [-0.39, 0.29) is 25.0 Å². The lowest BCUT2D eigenvalue weighted by molar-refractivity contribution is -0.157. The Bertz CT molecular complexity index is 428. The zero-order valence-corrected chi connectivity index (χ0v) is 12.6. The average molecular weight is 279 g/mol. The largest absolute Gasteiger partial charge is 0.466 e. The molecular formula is C16H25NO3. The van der Waals surface area contributed by atoms with Gasteiger partial charge in [-0.3, -0.25) is 4.79 Å². The maximum absolute atomic E-state index is 12.3. The maximum Gasteiger partial charge on any atom is 0.313 e. The van der Waals surface area contributed by atoms with Gasteiger partial charge < -0.3 is 15.6 Å². The fourth-order valence-electron chi connectivity index (χ4n) is 2.30. The number of rotatable bonds is 7. The van der Waals surface area contributed by atoms with Gasteiger partial charge >= 0.3 is 5.97 Å². The van der Waals surface area contributed by atoms with Gasteiger partial charge in [-0.2, -0.15) is 0 Å². The van der Waals surface area contributed by atoms with Gasteiger partial charge in [0.05, 0.1) is 18.6 Å². The zero-order chi connectivity index (χ0) is 15.2. The Hall–Kier alpha value is -1.39. The molecule has 0 amide bonds. The lowest BCUT2D eigenvalue weighted by Gasteiger charge is -2.34. The second-order valence-corrected chi connectivity index (χ2v) is 5.39. The van der Waals surface area contributed by atoms with E-state index in [9.17, 15) is 4.79 Å². The van der Waals surface area contributed by atoms with Crippen molar-refractivity contribution in [2.45, 2.75) is 33.8 Å². The monoisotopic (exact) mass is 279 g/mol. The van der Waals surface area contributed by atoms with Crippen molar-refractivity contribution in [2.24, 2.45) is 17.1 Å². The van der Waals surface area contributed by atoms with Crippen LogP contribution in [0.4, 0.5) is 0 Å². The third-order valence-electron chi connectivity index (χ3n) is 3.88. The van der Waals surface area contributed by atoms with E-state index in [0.29, 0.717) is 13.0 Å². The molecule has 0 radical (unpaired) electrons. The van der Waals surface area contributed by atoms with Gasteiger partial charge in [-0.05, 0) is 30.4 Å². The number of benzene rings is 1. The normalized spacial score (nSPS) is 14.1. The second kappa shape index (κ2) is 7.41. The Balaban J connectivity index is 3.01. The van der Waals surface area contributed by atoms with Crippen molar-refractivity contribution in [2.75, 3.05) is 13.2 Å². The number of aliphatic hydroxyl groups is 1. The van der Waals surface area contributed by atoms with E-state index in [4.69, 9.17) is 15.6 Å². The van der Waals surface area contributed by atoms with Crippen LogP contribution in [0.25, 0.3) is 0 Å². The van der Waals surface area contributed by atoms with Crippen molar-refractivity contribution >= 4 is 5.97 Å². The number of ether oxygens (including phenoxy) is 1. The summed E-state index contributed by atoms with van der Waals surface area (Å²) in [6.45, 7) is 6.42. The van der Waals surface area contributed by atoms with Gasteiger partial charge in [0, 0.05) is 6.54 Å². The Morgan fingerprint density at radius 2 is 1.85 bits per heavy atom. The highest BCUT2D eigenvalue weighted by Gasteiger charge is 2.41. The Morgan fingerprint density at radius 3 is 2.25 bits per heavy atom. The summed E-state index contributed by atoms with van der Waals surface area (Å²) in [5, 5.41) is 9.06. The lowest BCUT2D eigenvalue weighted by atomic mass is 9.72. The van der Waals surface area contributed by atoms with Crippen LogP contribution in [0.2, 0.25) is 0 Å². The lowest BCUT2D eigenvalue weighted by Crippen LogP contribution is -2.46. The molecule has 0 heterocycles. The molecule has 1 atom stereocenters. The molecule has 0 bridgehead atoms. The molecule has 0 aromatic heterocycles. The Kier molecular flexibility index (Phi) is 6.17. The van der Waals surface area contributed by atoms with Gasteiger partial charge in [0.1, 0.15) is 0 Å². The van der Waals surface area contributed by atoms with Crippen molar-refractivity contribution in [3.05, 3.63) is 35.4 Å². The molecule has 0 saturated carbocycles. The molecule has 0 saturated heterocycles. The van der Waals surface area contributed by atoms with Gasteiger partial charge in [0.2, 0.25) is 0 Å². The molecule has 0 spiro atoms. The van der Waals surface area contributed by atoms with Crippen molar-refractivity contribution in [3.63, 3.8) is 0 Å². The minimum atomic E-state index is -0.698. The van der Waals surface area contributed by atoms with Crippen molar-refractivity contribution in [1.29, 1.82) is 0 Å². The minimum Gasteiger partial charge on any atom is -0.466 e. The topological polar surface area (TPSA) is 72.5 Å². The predicted molar refractivity (Wildman–Crippen MR) is 79.0 cm³/mol. The molecule has 0 aliphatic carbocycles. The number of nitrogens with two attached hydrogens (primary N) is 1. The molecule has 112 valence electrons. The quantitative estimate of drug-likeness (QED) is 0.748. The molecule has 1 aromatic carbocycles. The summed E-state index contributed by atoms with van der Waals surface area (Å²) in [4.78, 5) is 12.3. The fourth-order valence-corrected chi connectivity index (χ4v) is 2.30. The Labute approximate surface area is 120 Å². The highest BCUT2D eigenvalue weighted by Crippen LogP contribution is 2.32. The Morgan fingerprint density at radius 1 is 1.30 bits per heavy atom. The van der Waals surface area contributed by atoms with E-state index in [1.807, 2.05) is 38.1 Å². The van der Waals surface area contributed by atoms with E-state index in [1.54, 1.807) is 6.92 Å². The number of carbonyl (C=O) groups excluding carboxylic acids is 1. The summed E-state index contributed by atoms with van der Waals surface area (Å²) in [5.41, 5.74) is 7.08. The molecule has 0 aliphatic rings. The van der Waals surface area contributed by atoms with Crippen molar-refractivity contribution in [1.82, 2.24) is 0 Å². The SMILES string of the molecule is CCOC(=O)C(CN)(Cc1ccc(CO)cc1)C(C)C. The number of hydrogen-bond donors (Lipinski definition) is 2. The van der Waals surface area contributed by atoms with E-state index >= 15 is 0 Å². The summed E-state index contributed by atoms with van der Waals surface area (Å²) in [7, 11) is 0. The van der Waals surface area contributed by atoms with Crippen LogP contribution in [0, 0.1) is 11.3 Å². The molecule has 4 heteroatoms. The smallest absolute Gasteiger partial charge is 0.313 e. The molecule has 1 aromatic rings. The molecule has 3 N–H and O–H groups in total. The summed E-state index contributed by atoms with van der Waals surface area (Å²) >= 11 is 0. The van der Waals surface area contributed by atoms with Crippen LogP contribution in [0.5, 0.6) is 0 Å². The minimum absolute atomic E-state index is 0.0182. The first-order chi connectivity index (χ1) is 9.50. The van der Waals surface area contributed by atoms with Gasteiger partial charge in [-0.15, -0.1) is 0 Å². The van der Waals surface area contributed by atoms with Crippen LogP contribution >= 0.6 is 0 Å². The number of hydrogen-bond acceptors (Lipinski definition) is 4. The predicted octanol–water partition coefficient (Wildman–Crippen LogP) is 1.89. The van der Waals surface area contributed by atoms with E-state index < -0.39 is 5.41 Å². The summed E-state index contributed by atoms with van der Waals surface area (Å²) in [5.74, 6) is -0.146. The number of carbonyl (C=O) groups is 1. The first kappa shape index (κ1) is 16.7. The second-order valence-electron chi connectivity index (χ2n) is 5.39. The van der Waals surface area contributed by atoms with E-state index in [1.165, 1.54) is 0 Å². The molecule has 1 rings (SSSR count). The summed E-state index contributed by atoms with van der Waals surface area (Å²) in [6.07, 6.45) is 0.547. The summed E-state index contributed by atoms with van der Waals surface area (Å²) < 4.78 is 5.22. The van der Waals surface area contributed by atoms with Crippen LogP contribution in [0.1, 0.15) is 31.9 Å². The molecular weight excluding hydrogens is 254 g/mol. The zero-order valence-electron chi connectivity index (χ0n) is 12.6. The van der Waals surface area contributed by atoms with Crippen LogP contribution in [-0.4, -0.2) is 24.2 Å². The van der Waals surface area contributed by atoms with Crippen molar-refractivity contribution < 1.29 is 14.6 Å². The van der Waals surface area contributed by atoms with Gasteiger partial charge in [-0.25, -0.2) is 0 Å². The third-order valence-corrected chi connectivity index (χ3v) is 3.88. The van der Waals surface area contributed by atoms with E-state index in [0.717, 1.165) is 11.1 Å². The highest BCUT2D eigenvalue weighted by molar-refractivity contribution is 5.78. The van der Waals surface area contributed by atoms with Gasteiger partial charge in [-0.1, -0.05) is 38.1 Å². The van der Waals surface area contributed by atoms with Crippen LogP contribution in [0.3, 0.4) is 0 Å². The fraction of sp³-hybridized carbons (Fsp3) is 0.562. The molecule has 0 aliphatic heterocycles. The number of aliphatic hydroxyl groups excluding tert-OH is 1. The van der Waals surface area contributed by atoms with Crippen molar-refractivity contribution in [3.8, 4) is 0 Å². The molecule has 0 fully saturated rings. The number of esters is 1. The molecule has 1 unspecified atom stereocenters. The van der Waals surface area contributed by atoms with E-state index in [2.05, 4.69) is 0 Å². The van der Waals surface area contributed by atoms with Crippen LogP contribution in [0.15, 0.2) is 24.3 Å². The maximum atomic E-state index is 12.3. The van der Waals surface area contributed by atoms with Crippen LogP contribution in [-0.2, 0) is 22.6 Å². The van der Waals surface area contributed by atoms with Gasteiger partial charge in [0.15, 0.2) is 0 Å². The van der Waals surface area contributed by atoms with Crippen LogP contribution < -0.4 is 5.73 Å². The first-order valence-electron chi connectivity index (χ1n) is 7.06. The molecule has 20 heavy (non-hydrogen) atoms. The first-order valence-corrected chi connectivity index (χ1v) is 7.06. The summed E-state index contributed by atoms with van der Waals surface area (Å²) in [6, 6.07) is 7.58.